The van der Waals surface area contributed by atoms with E-state index in [1.165, 1.54) is 35.6 Å². The normalized spacial score (nSPS) is 10.7. The van der Waals surface area contributed by atoms with Crippen LogP contribution in [0.3, 0.4) is 0 Å². The summed E-state index contributed by atoms with van der Waals surface area (Å²) < 4.78 is 1.02. The fraction of sp³-hybridized carbons (Fsp3) is 0.263. The Balaban J connectivity index is 0.00000280. The van der Waals surface area contributed by atoms with Crippen molar-refractivity contribution in [1.82, 2.24) is 9.88 Å². The first-order valence-electron chi connectivity index (χ1n) is 8.44. The summed E-state index contributed by atoms with van der Waals surface area (Å²) >= 11 is 1.47. The van der Waals surface area contributed by atoms with Crippen LogP contribution in [-0.4, -0.2) is 47.9 Å². The molecule has 0 atom stereocenters. The molecule has 0 aliphatic heterocycles. The van der Waals surface area contributed by atoms with Crippen molar-refractivity contribution in [2.24, 2.45) is 0 Å². The van der Waals surface area contributed by atoms with Crippen molar-refractivity contribution in [2.45, 2.75) is 6.92 Å². The Kier molecular flexibility index (Phi) is 7.06. The molecule has 7 nitrogen and oxygen atoms in total. The van der Waals surface area contributed by atoms with Crippen LogP contribution >= 0.6 is 23.7 Å². The SMILES string of the molecule is Cc1cccc2sc(N(CCN(C)C)C(=O)c3ccc([N+](=O)[O-])cc3)nc12.Cl. The van der Waals surface area contributed by atoms with Crippen molar-refractivity contribution in [3.63, 3.8) is 0 Å². The monoisotopic (exact) mass is 420 g/mol. The summed E-state index contributed by atoms with van der Waals surface area (Å²) in [5.74, 6) is -0.219. The van der Waals surface area contributed by atoms with Gasteiger partial charge in [-0.15, -0.1) is 12.4 Å². The zero-order chi connectivity index (χ0) is 19.6. The van der Waals surface area contributed by atoms with Crippen molar-refractivity contribution in [3.05, 3.63) is 63.7 Å². The van der Waals surface area contributed by atoms with Gasteiger partial charge in [-0.2, -0.15) is 0 Å². The lowest BCUT2D eigenvalue weighted by Gasteiger charge is -2.22. The first-order chi connectivity index (χ1) is 12.9. The fourth-order valence-electron chi connectivity index (χ4n) is 2.66. The average molecular weight is 421 g/mol. The molecule has 0 aliphatic rings. The molecule has 148 valence electrons. The van der Waals surface area contributed by atoms with Crippen molar-refractivity contribution in [1.29, 1.82) is 0 Å². The van der Waals surface area contributed by atoms with Gasteiger partial charge in [-0.1, -0.05) is 23.5 Å². The number of nitro benzene ring substituents is 1. The molecule has 0 radical (unpaired) electrons. The van der Waals surface area contributed by atoms with Crippen LogP contribution in [0.25, 0.3) is 10.2 Å². The molecule has 0 N–H and O–H groups in total. The van der Waals surface area contributed by atoms with E-state index in [-0.39, 0.29) is 24.0 Å². The average Bonchev–Trinajstić information content (AvgIpc) is 3.07. The first kappa shape index (κ1) is 21.7. The number of carbonyl (C=O) groups excluding carboxylic acids is 1. The standard InChI is InChI=1S/C19H20N4O3S.ClH/c1-13-5-4-6-16-17(13)20-19(27-16)22(12-11-21(2)3)18(24)14-7-9-15(10-8-14)23(25)26;/h4-10H,11-12H2,1-3H3;1H. The summed E-state index contributed by atoms with van der Waals surface area (Å²) in [6.07, 6.45) is 0. The van der Waals surface area contributed by atoms with E-state index in [4.69, 9.17) is 0 Å². The van der Waals surface area contributed by atoms with Crippen LogP contribution in [0.2, 0.25) is 0 Å². The molecule has 1 aromatic heterocycles. The van der Waals surface area contributed by atoms with E-state index in [9.17, 15) is 14.9 Å². The highest BCUT2D eigenvalue weighted by Crippen LogP contribution is 2.31. The Morgan fingerprint density at radius 2 is 1.82 bits per heavy atom. The fourth-order valence-corrected chi connectivity index (χ4v) is 3.72. The van der Waals surface area contributed by atoms with Crippen LogP contribution in [0.5, 0.6) is 0 Å². The minimum atomic E-state index is -0.478. The number of hydrogen-bond donors (Lipinski definition) is 0. The molecule has 0 saturated heterocycles. The molecular formula is C19H21ClN4O3S. The van der Waals surface area contributed by atoms with Gasteiger partial charge < -0.3 is 4.90 Å². The molecule has 1 amide bonds. The van der Waals surface area contributed by atoms with Gasteiger partial charge in [0, 0.05) is 30.8 Å². The second kappa shape index (κ2) is 9.09. The second-order valence-corrected chi connectivity index (χ2v) is 7.49. The van der Waals surface area contributed by atoms with Gasteiger partial charge in [0.25, 0.3) is 11.6 Å². The van der Waals surface area contributed by atoms with Crippen LogP contribution < -0.4 is 4.90 Å². The largest absolute Gasteiger partial charge is 0.308 e. The van der Waals surface area contributed by atoms with E-state index >= 15 is 0 Å². The zero-order valence-electron chi connectivity index (χ0n) is 15.8. The third-order valence-electron chi connectivity index (χ3n) is 4.18. The summed E-state index contributed by atoms with van der Waals surface area (Å²) in [6.45, 7) is 3.14. The molecule has 28 heavy (non-hydrogen) atoms. The van der Waals surface area contributed by atoms with Gasteiger partial charge in [-0.3, -0.25) is 19.8 Å². The Hall–Kier alpha value is -2.55. The molecule has 3 rings (SSSR count). The van der Waals surface area contributed by atoms with Gasteiger partial charge in [0.1, 0.15) is 0 Å². The lowest BCUT2D eigenvalue weighted by atomic mass is 10.2. The summed E-state index contributed by atoms with van der Waals surface area (Å²) in [4.78, 5) is 31.8. The summed E-state index contributed by atoms with van der Waals surface area (Å²) in [5.41, 5.74) is 2.31. The molecule has 1 heterocycles. The summed E-state index contributed by atoms with van der Waals surface area (Å²) in [5, 5.41) is 11.5. The molecule has 2 aromatic carbocycles. The number of nitrogens with zero attached hydrogens (tertiary/aromatic N) is 4. The molecule has 0 spiro atoms. The van der Waals surface area contributed by atoms with Gasteiger partial charge in [0.05, 0.1) is 15.1 Å². The van der Waals surface area contributed by atoms with E-state index < -0.39 is 4.92 Å². The number of fused-ring (bicyclic) bond motifs is 1. The molecule has 3 aromatic rings. The summed E-state index contributed by atoms with van der Waals surface area (Å²) in [7, 11) is 3.88. The Bertz CT molecular complexity index is 989. The number of para-hydroxylation sites is 1. The number of amides is 1. The maximum Gasteiger partial charge on any atom is 0.269 e. The van der Waals surface area contributed by atoms with E-state index in [0.29, 0.717) is 23.8 Å². The van der Waals surface area contributed by atoms with E-state index in [1.807, 2.05) is 44.1 Å². The number of aryl methyl sites for hydroxylation is 1. The van der Waals surface area contributed by atoms with Crippen molar-refractivity contribution < 1.29 is 9.72 Å². The number of benzene rings is 2. The molecule has 0 saturated carbocycles. The highest BCUT2D eigenvalue weighted by atomic mass is 35.5. The van der Waals surface area contributed by atoms with Gasteiger partial charge in [-0.25, -0.2) is 4.98 Å². The second-order valence-electron chi connectivity index (χ2n) is 6.48. The minimum absolute atomic E-state index is 0. The van der Waals surface area contributed by atoms with Crippen molar-refractivity contribution in [2.75, 3.05) is 32.1 Å². The number of rotatable bonds is 6. The zero-order valence-corrected chi connectivity index (χ0v) is 17.4. The third kappa shape index (κ3) is 4.64. The van der Waals surface area contributed by atoms with Gasteiger partial charge in [0.2, 0.25) is 0 Å². The highest BCUT2D eigenvalue weighted by Gasteiger charge is 2.22. The van der Waals surface area contributed by atoms with Crippen LogP contribution in [-0.2, 0) is 0 Å². The van der Waals surface area contributed by atoms with Crippen molar-refractivity contribution in [3.8, 4) is 0 Å². The molecular weight excluding hydrogens is 400 g/mol. The number of hydrogen-bond acceptors (Lipinski definition) is 6. The highest BCUT2D eigenvalue weighted by molar-refractivity contribution is 7.22. The first-order valence-corrected chi connectivity index (χ1v) is 9.25. The predicted octanol–water partition coefficient (Wildman–Crippen LogP) is 4.14. The number of thiazole rings is 1. The molecule has 9 heteroatoms. The number of likely N-dealkylation sites (N-methyl/N-ethyl adjacent to an activating group) is 1. The smallest absolute Gasteiger partial charge is 0.269 e. The third-order valence-corrected chi connectivity index (χ3v) is 5.22. The molecule has 0 unspecified atom stereocenters. The van der Waals surface area contributed by atoms with Crippen LogP contribution in [0.15, 0.2) is 42.5 Å². The number of non-ortho nitro benzene ring substituents is 1. The topological polar surface area (TPSA) is 79.6 Å². The van der Waals surface area contributed by atoms with Crippen LogP contribution in [0.4, 0.5) is 10.8 Å². The van der Waals surface area contributed by atoms with Gasteiger partial charge >= 0.3 is 0 Å². The number of halogens is 1. The molecule has 0 bridgehead atoms. The number of carbonyl (C=O) groups is 1. The maximum atomic E-state index is 13.1. The maximum absolute atomic E-state index is 13.1. The van der Waals surface area contributed by atoms with E-state index in [1.54, 1.807) is 4.90 Å². The van der Waals surface area contributed by atoms with Crippen LogP contribution in [0.1, 0.15) is 15.9 Å². The Morgan fingerprint density at radius 1 is 1.14 bits per heavy atom. The summed E-state index contributed by atoms with van der Waals surface area (Å²) in [6, 6.07) is 11.6. The van der Waals surface area contributed by atoms with Crippen molar-refractivity contribution >= 4 is 50.7 Å². The van der Waals surface area contributed by atoms with Gasteiger partial charge in [-0.05, 0) is 44.8 Å². The minimum Gasteiger partial charge on any atom is -0.308 e. The quantitative estimate of drug-likeness (QED) is 0.442. The predicted molar refractivity (Wildman–Crippen MR) is 115 cm³/mol. The number of anilines is 1. The number of aromatic nitrogens is 1. The number of nitro groups is 1. The van der Waals surface area contributed by atoms with Gasteiger partial charge in [0.15, 0.2) is 5.13 Å². The molecule has 0 fully saturated rings. The Labute approximate surface area is 173 Å². The molecule has 0 aliphatic carbocycles. The van der Waals surface area contributed by atoms with E-state index in [0.717, 1.165) is 15.8 Å². The van der Waals surface area contributed by atoms with E-state index in [2.05, 4.69) is 4.98 Å². The lowest BCUT2D eigenvalue weighted by Crippen LogP contribution is -2.36. The Morgan fingerprint density at radius 3 is 2.39 bits per heavy atom. The lowest BCUT2D eigenvalue weighted by molar-refractivity contribution is -0.384. The van der Waals surface area contributed by atoms with Crippen LogP contribution in [0, 0.1) is 17.0 Å².